The Labute approximate surface area is 136 Å². The lowest BCUT2D eigenvalue weighted by Crippen LogP contribution is -2.24. The standard InChI is InChI=1S/C18H23N3O2/c1-3-11-21(12-4-2)15-7-5-14(6-8-15)19-20-17-10-9-16(22)13-18(17)23/h5-10,13,22-23H,3-4,11-12H2,1-2H3/b20-19+. The number of hydrogen-bond acceptors (Lipinski definition) is 5. The topological polar surface area (TPSA) is 68.4 Å². The maximum atomic E-state index is 9.68. The second kappa shape index (κ2) is 8.17. The molecule has 0 saturated heterocycles. The summed E-state index contributed by atoms with van der Waals surface area (Å²) >= 11 is 0. The molecule has 23 heavy (non-hydrogen) atoms. The van der Waals surface area contributed by atoms with Crippen LogP contribution in [0.3, 0.4) is 0 Å². The molecule has 0 aromatic heterocycles. The molecule has 2 rings (SSSR count). The van der Waals surface area contributed by atoms with Crippen LogP contribution in [-0.2, 0) is 0 Å². The average molecular weight is 313 g/mol. The van der Waals surface area contributed by atoms with Crippen LogP contribution in [0, 0.1) is 0 Å². The minimum absolute atomic E-state index is 0.00209. The quantitative estimate of drug-likeness (QED) is 0.695. The summed E-state index contributed by atoms with van der Waals surface area (Å²) < 4.78 is 0. The number of aromatic hydroxyl groups is 2. The molecular weight excluding hydrogens is 290 g/mol. The molecule has 0 saturated carbocycles. The smallest absolute Gasteiger partial charge is 0.146 e. The van der Waals surface area contributed by atoms with Gasteiger partial charge < -0.3 is 15.1 Å². The molecule has 2 aromatic rings. The molecule has 0 aliphatic heterocycles. The van der Waals surface area contributed by atoms with Gasteiger partial charge in [-0.15, -0.1) is 5.11 Å². The van der Waals surface area contributed by atoms with E-state index < -0.39 is 0 Å². The lowest BCUT2D eigenvalue weighted by Gasteiger charge is -2.23. The van der Waals surface area contributed by atoms with Gasteiger partial charge in [-0.1, -0.05) is 13.8 Å². The van der Waals surface area contributed by atoms with Crippen molar-refractivity contribution in [2.24, 2.45) is 10.2 Å². The van der Waals surface area contributed by atoms with Crippen LogP contribution in [-0.4, -0.2) is 23.3 Å². The number of anilines is 1. The van der Waals surface area contributed by atoms with Crippen LogP contribution in [0.5, 0.6) is 11.5 Å². The van der Waals surface area contributed by atoms with Crippen molar-refractivity contribution in [3.63, 3.8) is 0 Å². The lowest BCUT2D eigenvalue weighted by atomic mass is 10.2. The van der Waals surface area contributed by atoms with Gasteiger partial charge in [-0.25, -0.2) is 0 Å². The second-order valence-electron chi connectivity index (χ2n) is 5.38. The number of nitrogens with zero attached hydrogens (tertiary/aromatic N) is 3. The second-order valence-corrected chi connectivity index (χ2v) is 5.38. The monoisotopic (exact) mass is 313 g/mol. The van der Waals surface area contributed by atoms with Crippen molar-refractivity contribution >= 4 is 17.1 Å². The molecule has 0 atom stereocenters. The van der Waals surface area contributed by atoms with Crippen LogP contribution in [0.15, 0.2) is 52.7 Å². The Hall–Kier alpha value is -2.56. The molecule has 122 valence electrons. The van der Waals surface area contributed by atoms with E-state index >= 15 is 0 Å². The Bertz CT molecular complexity index is 648. The van der Waals surface area contributed by atoms with E-state index in [0.29, 0.717) is 11.4 Å². The largest absolute Gasteiger partial charge is 0.508 e. The van der Waals surface area contributed by atoms with E-state index in [1.165, 1.54) is 23.9 Å². The minimum Gasteiger partial charge on any atom is -0.508 e. The maximum absolute atomic E-state index is 9.68. The molecule has 5 heteroatoms. The minimum atomic E-state index is -0.0950. The first kappa shape index (κ1) is 16.8. The van der Waals surface area contributed by atoms with Crippen LogP contribution < -0.4 is 4.90 Å². The van der Waals surface area contributed by atoms with Crippen molar-refractivity contribution < 1.29 is 10.2 Å². The number of phenols is 2. The highest BCUT2D eigenvalue weighted by molar-refractivity contribution is 5.55. The molecule has 2 aromatic carbocycles. The number of benzene rings is 2. The summed E-state index contributed by atoms with van der Waals surface area (Å²) in [7, 11) is 0. The van der Waals surface area contributed by atoms with E-state index in [1.54, 1.807) is 0 Å². The van der Waals surface area contributed by atoms with Crippen molar-refractivity contribution in [3.8, 4) is 11.5 Å². The zero-order valence-electron chi connectivity index (χ0n) is 13.6. The molecular formula is C18H23N3O2. The molecule has 0 spiro atoms. The van der Waals surface area contributed by atoms with E-state index in [9.17, 15) is 10.2 Å². The zero-order chi connectivity index (χ0) is 16.7. The van der Waals surface area contributed by atoms with Gasteiger partial charge in [0.05, 0.1) is 5.69 Å². The Kier molecular flexibility index (Phi) is 5.97. The maximum Gasteiger partial charge on any atom is 0.146 e. The summed E-state index contributed by atoms with van der Waals surface area (Å²) in [5.74, 6) is -0.0971. The summed E-state index contributed by atoms with van der Waals surface area (Å²) in [5, 5.41) is 27.1. The Morgan fingerprint density at radius 2 is 1.52 bits per heavy atom. The van der Waals surface area contributed by atoms with Gasteiger partial charge in [0.25, 0.3) is 0 Å². The van der Waals surface area contributed by atoms with Crippen molar-refractivity contribution in [1.29, 1.82) is 0 Å². The van der Waals surface area contributed by atoms with Gasteiger partial charge in [0.15, 0.2) is 0 Å². The molecule has 0 fully saturated rings. The normalized spacial score (nSPS) is 11.0. The number of phenolic OH excluding ortho intramolecular Hbond substituents is 2. The molecule has 0 aliphatic rings. The van der Waals surface area contributed by atoms with Crippen LogP contribution in [0.25, 0.3) is 0 Å². The molecule has 0 amide bonds. The van der Waals surface area contributed by atoms with E-state index in [1.807, 2.05) is 24.3 Å². The summed E-state index contributed by atoms with van der Waals surface area (Å²) in [5.41, 5.74) is 2.22. The van der Waals surface area contributed by atoms with Gasteiger partial charge in [0, 0.05) is 24.8 Å². The third-order valence-electron chi connectivity index (χ3n) is 3.43. The van der Waals surface area contributed by atoms with Crippen LogP contribution in [0.2, 0.25) is 0 Å². The van der Waals surface area contributed by atoms with Gasteiger partial charge >= 0.3 is 0 Å². The van der Waals surface area contributed by atoms with E-state index in [-0.39, 0.29) is 11.5 Å². The number of rotatable bonds is 7. The molecule has 5 nitrogen and oxygen atoms in total. The fourth-order valence-electron chi connectivity index (χ4n) is 2.35. The molecule has 2 N–H and O–H groups in total. The van der Waals surface area contributed by atoms with E-state index in [0.717, 1.165) is 25.9 Å². The van der Waals surface area contributed by atoms with Gasteiger partial charge in [-0.2, -0.15) is 5.11 Å². The lowest BCUT2D eigenvalue weighted by molar-refractivity contribution is 0.451. The fourth-order valence-corrected chi connectivity index (χ4v) is 2.35. The third kappa shape index (κ3) is 4.71. The first-order valence-electron chi connectivity index (χ1n) is 7.92. The summed E-state index contributed by atoms with van der Waals surface area (Å²) in [6.45, 7) is 6.43. The predicted octanol–water partition coefficient (Wildman–Crippen LogP) is 5.14. The highest BCUT2D eigenvalue weighted by Crippen LogP contribution is 2.31. The molecule has 0 radical (unpaired) electrons. The van der Waals surface area contributed by atoms with Crippen LogP contribution in [0.4, 0.5) is 17.1 Å². The van der Waals surface area contributed by atoms with Crippen LogP contribution >= 0.6 is 0 Å². The van der Waals surface area contributed by atoms with Crippen molar-refractivity contribution in [2.45, 2.75) is 26.7 Å². The van der Waals surface area contributed by atoms with E-state index in [2.05, 4.69) is 29.0 Å². The van der Waals surface area contributed by atoms with Gasteiger partial charge in [0.2, 0.25) is 0 Å². The molecule has 0 heterocycles. The van der Waals surface area contributed by atoms with E-state index in [4.69, 9.17) is 0 Å². The molecule has 0 unspecified atom stereocenters. The van der Waals surface area contributed by atoms with Crippen molar-refractivity contribution in [3.05, 3.63) is 42.5 Å². The first-order valence-corrected chi connectivity index (χ1v) is 7.92. The Balaban J connectivity index is 2.11. The SMILES string of the molecule is CCCN(CCC)c1ccc(/N=N/c2ccc(O)cc2O)cc1. The summed E-state index contributed by atoms with van der Waals surface area (Å²) in [4.78, 5) is 2.35. The number of azo groups is 1. The Morgan fingerprint density at radius 1 is 0.870 bits per heavy atom. The first-order chi connectivity index (χ1) is 11.1. The predicted molar refractivity (Wildman–Crippen MR) is 93.2 cm³/mol. The van der Waals surface area contributed by atoms with Crippen molar-refractivity contribution in [1.82, 2.24) is 0 Å². The van der Waals surface area contributed by atoms with Crippen molar-refractivity contribution in [2.75, 3.05) is 18.0 Å². The zero-order valence-corrected chi connectivity index (χ0v) is 13.6. The fraction of sp³-hybridized carbons (Fsp3) is 0.333. The van der Waals surface area contributed by atoms with Gasteiger partial charge in [-0.05, 0) is 49.2 Å². The summed E-state index contributed by atoms with van der Waals surface area (Å²) in [6.07, 6.45) is 2.23. The third-order valence-corrected chi connectivity index (χ3v) is 3.43. The number of hydrogen-bond donors (Lipinski definition) is 2. The van der Waals surface area contributed by atoms with Gasteiger partial charge in [0.1, 0.15) is 17.2 Å². The van der Waals surface area contributed by atoms with Gasteiger partial charge in [-0.3, -0.25) is 0 Å². The highest BCUT2D eigenvalue weighted by Gasteiger charge is 2.04. The summed E-state index contributed by atoms with van der Waals surface area (Å²) in [6, 6.07) is 12.1. The van der Waals surface area contributed by atoms with Crippen LogP contribution in [0.1, 0.15) is 26.7 Å². The average Bonchev–Trinajstić information content (AvgIpc) is 2.54. The highest BCUT2D eigenvalue weighted by atomic mass is 16.3. The molecule has 0 bridgehead atoms. The Morgan fingerprint density at radius 3 is 2.09 bits per heavy atom. The molecule has 0 aliphatic carbocycles.